The quantitative estimate of drug-likeness (QED) is 0.108. The van der Waals surface area contributed by atoms with Crippen LogP contribution >= 0.6 is 0 Å². The maximum atomic E-state index is 14.2. The zero-order valence-corrected chi connectivity index (χ0v) is 27.3. The SMILES string of the molecule is COc1cccc(C(=O)N(N)C(=O)OC(OC(=O)C(C)C)C(=O)O[N+](C(=O)c2cc(C)cc(C)c2)(C(C)C)C(C)(C)C)c1C. The number of carbonyl (C=O) groups is 5. The van der Waals surface area contributed by atoms with Gasteiger partial charge in [-0.2, -0.15) is 5.01 Å². The number of quaternary nitrogens is 1. The molecule has 0 spiro atoms. The van der Waals surface area contributed by atoms with Gasteiger partial charge in [-0.15, -0.1) is 0 Å². The lowest BCUT2D eigenvalue weighted by molar-refractivity contribution is -1.07. The van der Waals surface area contributed by atoms with E-state index in [9.17, 15) is 24.0 Å². The second-order valence-electron chi connectivity index (χ2n) is 12.1. The summed E-state index contributed by atoms with van der Waals surface area (Å²) in [6, 6.07) is 9.19. The minimum absolute atomic E-state index is 0.0318. The van der Waals surface area contributed by atoms with Crippen LogP contribution in [0, 0.1) is 26.7 Å². The van der Waals surface area contributed by atoms with Crippen LogP contribution in [-0.2, 0) is 23.9 Å². The fourth-order valence-electron chi connectivity index (χ4n) is 4.86. The standard InChI is InChI=1S/C32H44N3O9/c1-18(2)28(38)42-30(43-31(40)34(33)26(36)24-13-12-14-25(41-11)22(24)7)29(39)44-35(19(3)4,32(8,9)10)27(37)23-16-20(5)15-21(6)17-23/h12-19,30H,33H2,1-11H3/q+1. The molecule has 12 nitrogen and oxygen atoms in total. The number of hydroxylamine groups is 3. The molecular weight excluding hydrogens is 570 g/mol. The maximum Gasteiger partial charge on any atom is 0.448 e. The molecular formula is C32H44N3O9+. The molecule has 0 aliphatic carbocycles. The van der Waals surface area contributed by atoms with Crippen LogP contribution in [0.1, 0.15) is 85.9 Å². The topological polar surface area (TPSA) is 152 Å². The molecule has 0 fully saturated rings. The van der Waals surface area contributed by atoms with Crippen LogP contribution in [0.5, 0.6) is 5.75 Å². The summed E-state index contributed by atoms with van der Waals surface area (Å²) in [5.74, 6) is 1.68. The first kappa shape index (κ1) is 35.9. The molecule has 2 N–H and O–H groups in total. The molecule has 3 amide bonds. The molecule has 0 aliphatic heterocycles. The molecule has 2 aromatic carbocycles. The highest BCUT2D eigenvalue weighted by atomic mass is 16.8. The maximum absolute atomic E-state index is 14.2. The van der Waals surface area contributed by atoms with E-state index in [0.717, 1.165) is 11.1 Å². The first-order valence-corrected chi connectivity index (χ1v) is 14.2. The smallest absolute Gasteiger partial charge is 0.448 e. The van der Waals surface area contributed by atoms with E-state index in [2.05, 4.69) is 0 Å². The van der Waals surface area contributed by atoms with Gasteiger partial charge in [0.25, 0.3) is 5.91 Å². The number of nitrogens with two attached hydrogens (primary N) is 1. The third-order valence-corrected chi connectivity index (χ3v) is 6.97. The molecule has 0 heterocycles. The summed E-state index contributed by atoms with van der Waals surface area (Å²) in [7, 11) is 1.42. The Morgan fingerprint density at radius 1 is 0.864 bits per heavy atom. The fraction of sp³-hybridized carbons (Fsp3) is 0.469. The Bertz CT molecular complexity index is 1410. The zero-order chi connectivity index (χ0) is 33.7. The largest absolute Gasteiger partial charge is 0.496 e. The second kappa shape index (κ2) is 14.0. The molecule has 2 aromatic rings. The van der Waals surface area contributed by atoms with E-state index in [0.29, 0.717) is 16.9 Å². The fourth-order valence-corrected chi connectivity index (χ4v) is 4.86. The Balaban J connectivity index is 2.53. The Labute approximate surface area is 258 Å². The van der Waals surface area contributed by atoms with Crippen molar-refractivity contribution in [2.45, 2.75) is 87.1 Å². The third-order valence-electron chi connectivity index (χ3n) is 6.97. The lowest BCUT2D eigenvalue weighted by Gasteiger charge is -2.44. The molecule has 0 aromatic heterocycles. The number of benzene rings is 2. The van der Waals surface area contributed by atoms with Crippen LogP contribution in [-0.4, -0.2) is 64.5 Å². The van der Waals surface area contributed by atoms with Gasteiger partial charge in [0.15, 0.2) is 0 Å². The van der Waals surface area contributed by atoms with E-state index in [4.69, 9.17) is 24.9 Å². The van der Waals surface area contributed by atoms with Gasteiger partial charge < -0.3 is 14.2 Å². The van der Waals surface area contributed by atoms with E-state index >= 15 is 0 Å². The van der Waals surface area contributed by atoms with Crippen molar-refractivity contribution in [2.24, 2.45) is 11.8 Å². The van der Waals surface area contributed by atoms with E-state index < -0.39 is 58.3 Å². The van der Waals surface area contributed by atoms with Crippen LogP contribution in [0.2, 0.25) is 0 Å². The highest BCUT2D eigenvalue weighted by molar-refractivity contribution is 6.04. The summed E-state index contributed by atoms with van der Waals surface area (Å²) in [6.07, 6.45) is -3.80. The first-order chi connectivity index (χ1) is 20.3. The van der Waals surface area contributed by atoms with Crippen molar-refractivity contribution in [3.05, 3.63) is 64.2 Å². The lowest BCUT2D eigenvalue weighted by atomic mass is 9.98. The summed E-state index contributed by atoms with van der Waals surface area (Å²) in [6.45, 7) is 16.8. The summed E-state index contributed by atoms with van der Waals surface area (Å²) < 4.78 is 14.7. The van der Waals surface area contributed by atoms with Crippen LogP contribution in [0.25, 0.3) is 0 Å². The number of carbonyl (C=O) groups excluding carboxylic acids is 5. The normalized spacial score (nSPS) is 13.5. The number of aryl methyl sites for hydroxylation is 2. The van der Waals surface area contributed by atoms with Gasteiger partial charge in [-0.3, -0.25) is 14.4 Å². The summed E-state index contributed by atoms with van der Waals surface area (Å²) in [5.41, 5.74) is 1.33. The number of amides is 3. The van der Waals surface area contributed by atoms with Crippen LogP contribution < -0.4 is 10.6 Å². The second-order valence-corrected chi connectivity index (χ2v) is 12.1. The Hall–Kier alpha value is -4.29. The molecule has 2 atom stereocenters. The Morgan fingerprint density at radius 3 is 1.91 bits per heavy atom. The van der Waals surface area contributed by atoms with Crippen LogP contribution in [0.3, 0.4) is 0 Å². The van der Waals surface area contributed by atoms with E-state index in [1.54, 1.807) is 59.7 Å². The summed E-state index contributed by atoms with van der Waals surface area (Å²) >= 11 is 0. The number of nitrogens with zero attached hydrogens (tertiary/aromatic N) is 2. The minimum atomic E-state index is -2.30. The molecule has 0 bridgehead atoms. The molecule has 0 saturated heterocycles. The number of methoxy groups -OCH3 is 1. The molecule has 0 radical (unpaired) electrons. The molecule has 0 aliphatic rings. The summed E-state index contributed by atoms with van der Waals surface area (Å²) in [4.78, 5) is 72.6. The molecule has 2 rings (SSSR count). The van der Waals surface area contributed by atoms with E-state index in [1.807, 2.05) is 19.9 Å². The average Bonchev–Trinajstić information content (AvgIpc) is 2.92. The Kier molecular flexibility index (Phi) is 11.4. The van der Waals surface area contributed by atoms with Gasteiger partial charge in [-0.1, -0.05) is 30.6 Å². The van der Waals surface area contributed by atoms with Crippen molar-refractivity contribution in [3.63, 3.8) is 0 Å². The van der Waals surface area contributed by atoms with Crippen molar-refractivity contribution in [3.8, 4) is 5.75 Å². The number of imide groups is 1. The predicted octanol–water partition coefficient (Wildman–Crippen LogP) is 4.92. The van der Waals surface area contributed by atoms with Gasteiger partial charge in [-0.25, -0.2) is 20.2 Å². The minimum Gasteiger partial charge on any atom is -0.496 e. The number of hydrazine groups is 1. The lowest BCUT2D eigenvalue weighted by Crippen LogP contribution is -2.68. The van der Waals surface area contributed by atoms with Gasteiger partial charge in [0, 0.05) is 11.1 Å². The molecule has 2 unspecified atom stereocenters. The van der Waals surface area contributed by atoms with Gasteiger partial charge in [-0.05, 0) is 90.8 Å². The number of hydrogen-bond donors (Lipinski definition) is 1. The number of esters is 1. The predicted molar refractivity (Wildman–Crippen MR) is 161 cm³/mol. The summed E-state index contributed by atoms with van der Waals surface area (Å²) in [5, 5.41) is 0.139. The highest BCUT2D eigenvalue weighted by Gasteiger charge is 2.57. The number of ether oxygens (including phenoxy) is 3. The van der Waals surface area contributed by atoms with Gasteiger partial charge >= 0.3 is 30.2 Å². The van der Waals surface area contributed by atoms with Crippen molar-refractivity contribution < 1.29 is 47.7 Å². The van der Waals surface area contributed by atoms with Crippen molar-refractivity contribution >= 4 is 29.8 Å². The third kappa shape index (κ3) is 7.61. The van der Waals surface area contributed by atoms with Crippen molar-refractivity contribution in [2.75, 3.05) is 7.11 Å². The monoisotopic (exact) mass is 614 g/mol. The van der Waals surface area contributed by atoms with Crippen LogP contribution in [0.4, 0.5) is 4.79 Å². The van der Waals surface area contributed by atoms with Crippen molar-refractivity contribution in [1.82, 2.24) is 5.01 Å². The first-order valence-electron chi connectivity index (χ1n) is 14.2. The number of hydrogen-bond acceptors (Lipinski definition) is 10. The van der Waals surface area contributed by atoms with Crippen molar-refractivity contribution in [1.29, 1.82) is 0 Å². The molecule has 240 valence electrons. The highest BCUT2D eigenvalue weighted by Crippen LogP contribution is 2.34. The Morgan fingerprint density at radius 2 is 1.43 bits per heavy atom. The van der Waals surface area contributed by atoms with Gasteiger partial charge in [0.2, 0.25) is 0 Å². The molecule has 12 heteroatoms. The molecule has 0 saturated carbocycles. The zero-order valence-electron chi connectivity index (χ0n) is 27.3. The van der Waals surface area contributed by atoms with Gasteiger partial charge in [0.05, 0.1) is 18.6 Å². The average molecular weight is 615 g/mol. The van der Waals surface area contributed by atoms with Gasteiger partial charge in [0.1, 0.15) is 17.3 Å². The number of rotatable bonds is 8. The van der Waals surface area contributed by atoms with E-state index in [-0.39, 0.29) is 10.6 Å². The molecule has 44 heavy (non-hydrogen) atoms. The van der Waals surface area contributed by atoms with Crippen LogP contribution in [0.15, 0.2) is 36.4 Å². The van der Waals surface area contributed by atoms with E-state index in [1.165, 1.54) is 33.1 Å².